The summed E-state index contributed by atoms with van der Waals surface area (Å²) in [7, 11) is 1.76. The number of hydrogen-bond donors (Lipinski definition) is 1. The van der Waals surface area contributed by atoms with E-state index in [4.69, 9.17) is 4.74 Å². The standard InChI is InChI=1S/C18H29NOS/c1-5-9-19-18(17-8-6-7-10-21-17)15-11-14(3)16(20-4)12-13(15)2/h11-12,17-19H,5-10H2,1-4H3. The first kappa shape index (κ1) is 16.7. The lowest BCUT2D eigenvalue weighted by molar-refractivity contribution is 0.410. The summed E-state index contributed by atoms with van der Waals surface area (Å²) in [4.78, 5) is 0. The maximum Gasteiger partial charge on any atom is 0.122 e. The molecular formula is C18H29NOS. The summed E-state index contributed by atoms with van der Waals surface area (Å²) in [5, 5.41) is 4.50. The molecule has 118 valence electrons. The lowest BCUT2D eigenvalue weighted by Gasteiger charge is -2.32. The van der Waals surface area contributed by atoms with E-state index in [1.165, 1.54) is 48.1 Å². The molecule has 2 nitrogen and oxygen atoms in total. The molecule has 1 N–H and O–H groups in total. The van der Waals surface area contributed by atoms with Gasteiger partial charge in [-0.05, 0) is 68.2 Å². The quantitative estimate of drug-likeness (QED) is 0.827. The maximum atomic E-state index is 5.46. The van der Waals surface area contributed by atoms with Crippen molar-refractivity contribution in [2.24, 2.45) is 0 Å². The molecule has 0 amide bonds. The van der Waals surface area contributed by atoms with Crippen LogP contribution in [0.25, 0.3) is 0 Å². The van der Waals surface area contributed by atoms with Crippen LogP contribution in [-0.4, -0.2) is 24.7 Å². The van der Waals surface area contributed by atoms with Crippen LogP contribution in [0.1, 0.15) is 55.3 Å². The Bertz CT molecular complexity index is 455. The van der Waals surface area contributed by atoms with Gasteiger partial charge in [0, 0.05) is 11.3 Å². The zero-order valence-electron chi connectivity index (χ0n) is 13.9. The molecule has 0 aromatic heterocycles. The van der Waals surface area contributed by atoms with Gasteiger partial charge in [-0.3, -0.25) is 0 Å². The van der Waals surface area contributed by atoms with E-state index in [9.17, 15) is 0 Å². The van der Waals surface area contributed by atoms with Crippen LogP contribution in [-0.2, 0) is 0 Å². The average Bonchev–Trinajstić information content (AvgIpc) is 2.51. The SMILES string of the molecule is CCCNC(c1cc(C)c(OC)cc1C)C1CCCCS1. The molecule has 0 spiro atoms. The summed E-state index contributed by atoms with van der Waals surface area (Å²) in [5.41, 5.74) is 4.04. The predicted octanol–water partition coefficient (Wildman–Crippen LogP) is 4.64. The second-order valence-corrected chi connectivity index (χ2v) is 7.36. The van der Waals surface area contributed by atoms with E-state index in [1.54, 1.807) is 7.11 Å². The minimum atomic E-state index is 0.472. The van der Waals surface area contributed by atoms with E-state index in [2.05, 4.69) is 50.0 Å². The zero-order valence-corrected chi connectivity index (χ0v) is 14.7. The number of aryl methyl sites for hydroxylation is 2. The molecule has 1 aliphatic heterocycles. The number of benzene rings is 1. The van der Waals surface area contributed by atoms with Crippen molar-refractivity contribution in [3.8, 4) is 5.75 Å². The normalized spacial score (nSPS) is 20.3. The predicted molar refractivity (Wildman–Crippen MR) is 93.6 cm³/mol. The van der Waals surface area contributed by atoms with Crippen molar-refractivity contribution in [2.75, 3.05) is 19.4 Å². The molecule has 0 aliphatic carbocycles. The summed E-state index contributed by atoms with van der Waals surface area (Å²) in [6.07, 6.45) is 5.26. The van der Waals surface area contributed by atoms with Crippen LogP contribution < -0.4 is 10.1 Å². The van der Waals surface area contributed by atoms with Crippen LogP contribution in [0.15, 0.2) is 12.1 Å². The minimum Gasteiger partial charge on any atom is -0.496 e. The first-order valence-electron chi connectivity index (χ1n) is 8.17. The Hall–Kier alpha value is -0.670. The molecule has 1 fully saturated rings. The molecule has 0 radical (unpaired) electrons. The van der Waals surface area contributed by atoms with Crippen molar-refractivity contribution in [1.29, 1.82) is 0 Å². The van der Waals surface area contributed by atoms with E-state index in [-0.39, 0.29) is 0 Å². The van der Waals surface area contributed by atoms with Gasteiger partial charge in [0.25, 0.3) is 0 Å². The topological polar surface area (TPSA) is 21.3 Å². The van der Waals surface area contributed by atoms with Gasteiger partial charge < -0.3 is 10.1 Å². The molecule has 2 atom stereocenters. The largest absolute Gasteiger partial charge is 0.496 e. The number of hydrogen-bond acceptors (Lipinski definition) is 3. The van der Waals surface area contributed by atoms with Crippen LogP contribution in [0.4, 0.5) is 0 Å². The first-order chi connectivity index (χ1) is 10.2. The molecule has 1 heterocycles. The fourth-order valence-electron chi connectivity index (χ4n) is 3.14. The van der Waals surface area contributed by atoms with E-state index >= 15 is 0 Å². The van der Waals surface area contributed by atoms with Gasteiger partial charge in [0.1, 0.15) is 5.75 Å². The summed E-state index contributed by atoms with van der Waals surface area (Å²) >= 11 is 2.15. The van der Waals surface area contributed by atoms with Crippen LogP contribution in [0, 0.1) is 13.8 Å². The third kappa shape index (κ3) is 4.17. The Balaban J connectivity index is 2.28. The molecule has 0 saturated carbocycles. The highest BCUT2D eigenvalue weighted by Gasteiger charge is 2.26. The van der Waals surface area contributed by atoms with E-state index in [0.29, 0.717) is 11.3 Å². The highest BCUT2D eigenvalue weighted by atomic mass is 32.2. The van der Waals surface area contributed by atoms with Crippen LogP contribution in [0.3, 0.4) is 0 Å². The van der Waals surface area contributed by atoms with Crippen LogP contribution in [0.2, 0.25) is 0 Å². The van der Waals surface area contributed by atoms with E-state index in [0.717, 1.165) is 12.3 Å². The maximum absolute atomic E-state index is 5.46. The third-order valence-electron chi connectivity index (χ3n) is 4.32. The number of methoxy groups -OCH3 is 1. The van der Waals surface area contributed by atoms with Gasteiger partial charge in [-0.1, -0.05) is 19.4 Å². The molecule has 1 aromatic rings. The third-order valence-corrected chi connectivity index (χ3v) is 5.78. The highest BCUT2D eigenvalue weighted by molar-refractivity contribution is 8.00. The number of nitrogens with one attached hydrogen (secondary N) is 1. The highest BCUT2D eigenvalue weighted by Crippen LogP contribution is 2.37. The number of ether oxygens (including phenoxy) is 1. The summed E-state index contributed by atoms with van der Waals surface area (Å²) < 4.78 is 5.46. The Kier molecular flexibility index (Phi) is 6.43. The molecule has 1 aromatic carbocycles. The van der Waals surface area contributed by atoms with Gasteiger partial charge in [-0.25, -0.2) is 0 Å². The summed E-state index contributed by atoms with van der Waals surface area (Å²) in [6, 6.07) is 5.00. The number of rotatable bonds is 6. The Morgan fingerprint density at radius 2 is 2.10 bits per heavy atom. The molecule has 2 rings (SSSR count). The second kappa shape index (κ2) is 8.09. The van der Waals surface area contributed by atoms with Crippen molar-refractivity contribution >= 4 is 11.8 Å². The van der Waals surface area contributed by atoms with Crippen molar-refractivity contribution in [1.82, 2.24) is 5.32 Å². The van der Waals surface area contributed by atoms with E-state index < -0.39 is 0 Å². The molecule has 0 bridgehead atoms. The van der Waals surface area contributed by atoms with Gasteiger partial charge in [0.05, 0.1) is 7.11 Å². The average molecular weight is 308 g/mol. The lowest BCUT2D eigenvalue weighted by atomic mass is 9.93. The van der Waals surface area contributed by atoms with Gasteiger partial charge in [0.15, 0.2) is 0 Å². The summed E-state index contributed by atoms with van der Waals surface area (Å²) in [5.74, 6) is 2.31. The summed E-state index contributed by atoms with van der Waals surface area (Å²) in [6.45, 7) is 7.69. The Morgan fingerprint density at radius 1 is 1.29 bits per heavy atom. The molecule has 2 unspecified atom stereocenters. The molecule has 1 aliphatic rings. The fourth-order valence-corrected chi connectivity index (χ4v) is 4.58. The van der Waals surface area contributed by atoms with Crippen LogP contribution >= 0.6 is 11.8 Å². The smallest absolute Gasteiger partial charge is 0.122 e. The first-order valence-corrected chi connectivity index (χ1v) is 9.22. The zero-order chi connectivity index (χ0) is 15.2. The molecule has 3 heteroatoms. The van der Waals surface area contributed by atoms with Gasteiger partial charge in [-0.2, -0.15) is 11.8 Å². The fraction of sp³-hybridized carbons (Fsp3) is 0.667. The van der Waals surface area contributed by atoms with Gasteiger partial charge >= 0.3 is 0 Å². The monoisotopic (exact) mass is 307 g/mol. The van der Waals surface area contributed by atoms with Crippen molar-refractivity contribution in [3.05, 3.63) is 28.8 Å². The van der Waals surface area contributed by atoms with Gasteiger partial charge in [-0.15, -0.1) is 0 Å². The molecule has 21 heavy (non-hydrogen) atoms. The lowest BCUT2D eigenvalue weighted by Crippen LogP contribution is -2.33. The Labute approximate surface area is 134 Å². The minimum absolute atomic E-state index is 0.472. The van der Waals surface area contributed by atoms with Crippen molar-refractivity contribution < 1.29 is 4.74 Å². The van der Waals surface area contributed by atoms with E-state index in [1.807, 2.05) is 0 Å². The molecular weight excluding hydrogens is 278 g/mol. The molecule has 1 saturated heterocycles. The van der Waals surface area contributed by atoms with Gasteiger partial charge in [0.2, 0.25) is 0 Å². The van der Waals surface area contributed by atoms with Crippen molar-refractivity contribution in [3.63, 3.8) is 0 Å². The second-order valence-electron chi connectivity index (χ2n) is 6.02. The van der Waals surface area contributed by atoms with Crippen LogP contribution in [0.5, 0.6) is 5.75 Å². The Morgan fingerprint density at radius 3 is 2.71 bits per heavy atom. The number of thioether (sulfide) groups is 1. The van der Waals surface area contributed by atoms with Crippen molar-refractivity contribution in [2.45, 2.75) is 57.7 Å².